The zero-order valence-electron chi connectivity index (χ0n) is 13.0. The van der Waals surface area contributed by atoms with E-state index in [-0.39, 0.29) is 5.97 Å². The van der Waals surface area contributed by atoms with Gasteiger partial charge in [-0.2, -0.15) is 0 Å². The van der Waals surface area contributed by atoms with Crippen molar-refractivity contribution in [2.45, 2.75) is 46.0 Å². The van der Waals surface area contributed by atoms with E-state index in [0.717, 1.165) is 18.4 Å². The van der Waals surface area contributed by atoms with Gasteiger partial charge in [0.25, 0.3) is 0 Å². The molecule has 0 unspecified atom stereocenters. The molecule has 2 nitrogen and oxygen atoms in total. The molecule has 0 N–H and O–H groups in total. The van der Waals surface area contributed by atoms with Gasteiger partial charge in [-0.25, -0.2) is 4.79 Å². The Balaban J connectivity index is 2.71. The predicted octanol–water partition coefficient (Wildman–Crippen LogP) is 4.50. The van der Waals surface area contributed by atoms with Crippen molar-refractivity contribution in [1.29, 1.82) is 0 Å². The highest BCUT2D eigenvalue weighted by atomic mass is 16.5. The van der Waals surface area contributed by atoms with Crippen LogP contribution in [0.3, 0.4) is 0 Å². The lowest BCUT2D eigenvalue weighted by Gasteiger charge is -2.01. The summed E-state index contributed by atoms with van der Waals surface area (Å²) in [6, 6.07) is 9.67. The number of ether oxygens (including phenoxy) is 1. The van der Waals surface area contributed by atoms with Gasteiger partial charge >= 0.3 is 5.97 Å². The Labute approximate surface area is 128 Å². The summed E-state index contributed by atoms with van der Waals surface area (Å²) >= 11 is 0. The van der Waals surface area contributed by atoms with Crippen molar-refractivity contribution >= 4 is 5.97 Å². The van der Waals surface area contributed by atoms with Gasteiger partial charge in [-0.1, -0.05) is 62.3 Å². The smallest absolute Gasteiger partial charge is 0.346 e. The lowest BCUT2D eigenvalue weighted by molar-refractivity contribution is -0.138. The number of carbonyl (C=O) groups is 1. The Morgan fingerprint density at radius 2 is 1.90 bits per heavy atom. The monoisotopic (exact) mass is 284 g/mol. The maximum Gasteiger partial charge on any atom is 0.346 e. The van der Waals surface area contributed by atoms with Crippen molar-refractivity contribution in [3.63, 3.8) is 0 Å². The first-order valence-corrected chi connectivity index (χ1v) is 7.72. The number of carbonyl (C=O) groups excluding carboxylic acids is 1. The molecule has 0 atom stereocenters. The van der Waals surface area contributed by atoms with Crippen LogP contribution in [0.5, 0.6) is 0 Å². The standard InChI is InChI=1S/C19H24O2/c1-3-5-6-7-11-14-18(19(20)21-4-2)16-15-17-12-9-8-10-13-17/h8-10,12-14H,3-7,11H2,1-2H3/b18-14-. The Morgan fingerprint density at radius 3 is 2.57 bits per heavy atom. The molecule has 0 heterocycles. The van der Waals surface area contributed by atoms with Gasteiger partial charge in [0.1, 0.15) is 5.57 Å². The van der Waals surface area contributed by atoms with E-state index in [2.05, 4.69) is 18.8 Å². The third kappa shape index (κ3) is 7.37. The largest absolute Gasteiger partial charge is 0.462 e. The number of benzene rings is 1. The van der Waals surface area contributed by atoms with Crippen LogP contribution in [0.15, 0.2) is 42.0 Å². The molecule has 1 aromatic rings. The van der Waals surface area contributed by atoms with Crippen molar-refractivity contribution in [3.05, 3.63) is 47.5 Å². The van der Waals surface area contributed by atoms with Crippen LogP contribution in [0.4, 0.5) is 0 Å². The maximum atomic E-state index is 11.9. The van der Waals surface area contributed by atoms with E-state index in [9.17, 15) is 4.79 Å². The number of unbranched alkanes of at least 4 members (excludes halogenated alkanes) is 4. The zero-order chi connectivity index (χ0) is 15.3. The summed E-state index contributed by atoms with van der Waals surface area (Å²) in [6.45, 7) is 4.37. The number of hydrogen-bond donors (Lipinski definition) is 0. The van der Waals surface area contributed by atoms with Crippen LogP contribution in [0.25, 0.3) is 0 Å². The van der Waals surface area contributed by atoms with E-state index < -0.39 is 0 Å². The summed E-state index contributed by atoms with van der Waals surface area (Å²) in [5, 5.41) is 0. The Bertz CT molecular complexity index is 503. The fourth-order valence-electron chi connectivity index (χ4n) is 1.87. The van der Waals surface area contributed by atoms with Gasteiger partial charge in [0, 0.05) is 5.56 Å². The minimum absolute atomic E-state index is 0.323. The van der Waals surface area contributed by atoms with Gasteiger partial charge in [0.05, 0.1) is 6.61 Å². The molecule has 0 spiro atoms. The minimum Gasteiger partial charge on any atom is -0.462 e. The summed E-state index contributed by atoms with van der Waals surface area (Å²) in [7, 11) is 0. The number of allylic oxidation sites excluding steroid dienone is 1. The van der Waals surface area contributed by atoms with Crippen LogP contribution >= 0.6 is 0 Å². The van der Waals surface area contributed by atoms with E-state index in [1.807, 2.05) is 36.4 Å². The van der Waals surface area contributed by atoms with Crippen LogP contribution in [-0.4, -0.2) is 12.6 Å². The highest BCUT2D eigenvalue weighted by Gasteiger charge is 2.06. The fraction of sp³-hybridized carbons (Fsp3) is 0.421. The maximum absolute atomic E-state index is 11.9. The fourth-order valence-corrected chi connectivity index (χ4v) is 1.87. The lowest BCUT2D eigenvalue weighted by Crippen LogP contribution is -2.06. The molecule has 112 valence electrons. The molecule has 0 aliphatic heterocycles. The molecule has 0 aliphatic carbocycles. The molecule has 1 rings (SSSR count). The zero-order valence-corrected chi connectivity index (χ0v) is 13.0. The average molecular weight is 284 g/mol. The molecule has 0 fully saturated rings. The molecule has 0 aliphatic rings. The summed E-state index contributed by atoms with van der Waals surface area (Å²) in [5.74, 6) is 5.64. The van der Waals surface area contributed by atoms with Gasteiger partial charge in [-0.05, 0) is 31.9 Å². The number of hydrogen-bond acceptors (Lipinski definition) is 2. The minimum atomic E-state index is -0.323. The first kappa shape index (κ1) is 17.0. The summed E-state index contributed by atoms with van der Waals surface area (Å²) in [6.07, 6.45) is 7.50. The van der Waals surface area contributed by atoms with E-state index in [1.165, 1.54) is 19.3 Å². The van der Waals surface area contributed by atoms with Crippen LogP contribution in [0.1, 0.15) is 51.5 Å². The topological polar surface area (TPSA) is 26.3 Å². The SMILES string of the molecule is CCCCCC/C=C(/C#Cc1ccccc1)C(=O)OCC. The Morgan fingerprint density at radius 1 is 1.14 bits per heavy atom. The highest BCUT2D eigenvalue weighted by Crippen LogP contribution is 2.07. The third-order valence-corrected chi connectivity index (χ3v) is 3.02. The summed E-state index contributed by atoms with van der Waals surface area (Å²) in [5.41, 5.74) is 1.37. The molecule has 0 radical (unpaired) electrons. The van der Waals surface area contributed by atoms with Crippen LogP contribution in [0, 0.1) is 11.8 Å². The molecule has 0 aromatic heterocycles. The lowest BCUT2D eigenvalue weighted by atomic mass is 10.1. The molecule has 0 saturated carbocycles. The third-order valence-electron chi connectivity index (χ3n) is 3.02. The Kier molecular flexibility index (Phi) is 8.72. The van der Waals surface area contributed by atoms with Crippen LogP contribution in [-0.2, 0) is 9.53 Å². The molecule has 0 amide bonds. The first-order chi connectivity index (χ1) is 10.3. The van der Waals surface area contributed by atoms with E-state index in [1.54, 1.807) is 6.92 Å². The van der Waals surface area contributed by atoms with Crippen molar-refractivity contribution in [3.8, 4) is 11.8 Å². The molecule has 1 aromatic carbocycles. The molecule has 21 heavy (non-hydrogen) atoms. The highest BCUT2D eigenvalue weighted by molar-refractivity contribution is 5.93. The molecular formula is C19H24O2. The first-order valence-electron chi connectivity index (χ1n) is 7.72. The van der Waals surface area contributed by atoms with Gasteiger partial charge in [0.2, 0.25) is 0 Å². The normalized spacial score (nSPS) is 10.7. The van der Waals surface area contributed by atoms with E-state index in [0.29, 0.717) is 12.2 Å². The molecule has 0 bridgehead atoms. The van der Waals surface area contributed by atoms with E-state index in [4.69, 9.17) is 4.74 Å². The van der Waals surface area contributed by atoms with E-state index >= 15 is 0 Å². The second kappa shape index (κ2) is 10.7. The van der Waals surface area contributed by atoms with Crippen molar-refractivity contribution in [2.24, 2.45) is 0 Å². The molecular weight excluding hydrogens is 260 g/mol. The van der Waals surface area contributed by atoms with Crippen molar-refractivity contribution < 1.29 is 9.53 Å². The van der Waals surface area contributed by atoms with Crippen molar-refractivity contribution in [1.82, 2.24) is 0 Å². The quantitative estimate of drug-likeness (QED) is 0.319. The number of esters is 1. The van der Waals surface area contributed by atoms with Gasteiger partial charge in [0.15, 0.2) is 0 Å². The van der Waals surface area contributed by atoms with Crippen LogP contribution in [0.2, 0.25) is 0 Å². The molecule has 2 heteroatoms. The predicted molar refractivity (Wildman–Crippen MR) is 86.8 cm³/mol. The summed E-state index contributed by atoms with van der Waals surface area (Å²) in [4.78, 5) is 11.9. The summed E-state index contributed by atoms with van der Waals surface area (Å²) < 4.78 is 5.06. The van der Waals surface area contributed by atoms with Gasteiger partial charge in [-0.15, -0.1) is 0 Å². The second-order valence-electron chi connectivity index (χ2n) is 4.80. The molecule has 0 saturated heterocycles. The van der Waals surface area contributed by atoms with Crippen LogP contribution < -0.4 is 0 Å². The van der Waals surface area contributed by atoms with Gasteiger partial charge in [-0.3, -0.25) is 0 Å². The second-order valence-corrected chi connectivity index (χ2v) is 4.80. The number of rotatable bonds is 7. The Hall–Kier alpha value is -2.01. The average Bonchev–Trinajstić information content (AvgIpc) is 2.51. The van der Waals surface area contributed by atoms with Crippen molar-refractivity contribution in [2.75, 3.05) is 6.61 Å². The van der Waals surface area contributed by atoms with Gasteiger partial charge < -0.3 is 4.74 Å².